The van der Waals surface area contributed by atoms with E-state index in [-0.39, 0.29) is 5.91 Å². The van der Waals surface area contributed by atoms with Crippen LogP contribution in [-0.2, 0) is 13.1 Å². The molecule has 0 aliphatic carbocycles. The average Bonchev–Trinajstić information content (AvgIpc) is 3.35. The number of carbonyl (C=O) groups excluding carboxylic acids is 1. The van der Waals surface area contributed by atoms with Crippen molar-refractivity contribution in [3.8, 4) is 0 Å². The first-order valence-electron chi connectivity index (χ1n) is 10.8. The first kappa shape index (κ1) is 20.0. The summed E-state index contributed by atoms with van der Waals surface area (Å²) in [6.45, 7) is 5.06. The zero-order valence-electron chi connectivity index (χ0n) is 17.5. The molecule has 0 saturated carbocycles. The number of hydrogen-bond donors (Lipinski definition) is 0. The molecule has 2 aromatic heterocycles. The number of carbonyl (C=O) groups is 1. The lowest BCUT2D eigenvalue weighted by atomic mass is 10.2. The molecule has 1 amide bonds. The number of fused-ring (bicyclic) bond motifs is 1. The predicted octanol–water partition coefficient (Wildman–Crippen LogP) is 4.49. The monoisotopic (exact) mass is 430 g/mol. The molecule has 31 heavy (non-hydrogen) atoms. The molecule has 5 nitrogen and oxygen atoms in total. The highest BCUT2D eigenvalue weighted by Crippen LogP contribution is 2.26. The highest BCUT2D eigenvalue weighted by Gasteiger charge is 2.22. The van der Waals surface area contributed by atoms with Gasteiger partial charge in [-0.1, -0.05) is 48.5 Å². The first-order chi connectivity index (χ1) is 15.3. The summed E-state index contributed by atoms with van der Waals surface area (Å²) in [7, 11) is 0. The zero-order chi connectivity index (χ0) is 21.0. The topological polar surface area (TPSA) is 41.4 Å². The third kappa shape index (κ3) is 4.55. The van der Waals surface area contributed by atoms with Gasteiger partial charge in [-0.2, -0.15) is 0 Å². The van der Waals surface area contributed by atoms with E-state index in [9.17, 15) is 4.79 Å². The molecule has 5 rings (SSSR count). The maximum atomic E-state index is 13.1. The van der Waals surface area contributed by atoms with Gasteiger partial charge >= 0.3 is 0 Å². The summed E-state index contributed by atoms with van der Waals surface area (Å²) in [5.74, 6) is 1.24. The Balaban J connectivity index is 1.22. The molecule has 0 unspecified atom stereocenters. The van der Waals surface area contributed by atoms with Crippen molar-refractivity contribution in [3.63, 3.8) is 0 Å². The van der Waals surface area contributed by atoms with Crippen molar-refractivity contribution in [2.75, 3.05) is 26.2 Å². The molecule has 158 valence electrons. The van der Waals surface area contributed by atoms with Gasteiger partial charge in [0.05, 0.1) is 11.4 Å². The molecule has 1 fully saturated rings. The highest BCUT2D eigenvalue weighted by molar-refractivity contribution is 7.20. The van der Waals surface area contributed by atoms with Gasteiger partial charge in [0.2, 0.25) is 0 Å². The molecule has 0 bridgehead atoms. The molecule has 1 aliphatic heterocycles. The summed E-state index contributed by atoms with van der Waals surface area (Å²) >= 11 is 1.60. The molecule has 0 spiro atoms. The van der Waals surface area contributed by atoms with Gasteiger partial charge in [0, 0.05) is 49.8 Å². The van der Waals surface area contributed by atoms with Crippen LogP contribution in [0.4, 0.5) is 0 Å². The number of imidazole rings is 1. The van der Waals surface area contributed by atoms with Crippen molar-refractivity contribution in [3.05, 3.63) is 89.3 Å². The zero-order valence-corrected chi connectivity index (χ0v) is 18.3. The maximum Gasteiger partial charge on any atom is 0.264 e. The third-order valence-electron chi connectivity index (χ3n) is 5.87. The minimum absolute atomic E-state index is 0.161. The molecule has 0 N–H and O–H groups in total. The number of rotatable bonds is 5. The van der Waals surface area contributed by atoms with Gasteiger partial charge in [0.25, 0.3) is 5.91 Å². The maximum absolute atomic E-state index is 13.1. The van der Waals surface area contributed by atoms with Crippen LogP contribution < -0.4 is 0 Å². The SMILES string of the molecule is O=C(c1cc2ccccc2s1)N1CCCN(Cc2nccn2Cc2ccccc2)CC1. The number of benzene rings is 2. The Hall–Kier alpha value is -2.96. The lowest BCUT2D eigenvalue weighted by molar-refractivity contribution is 0.0766. The smallest absolute Gasteiger partial charge is 0.264 e. The quantitative estimate of drug-likeness (QED) is 0.468. The Bertz CT molecular complexity index is 1130. The molecule has 0 atom stereocenters. The predicted molar refractivity (Wildman–Crippen MR) is 125 cm³/mol. The van der Waals surface area contributed by atoms with Crippen LogP contribution >= 0.6 is 11.3 Å². The largest absolute Gasteiger partial charge is 0.337 e. The van der Waals surface area contributed by atoms with Crippen LogP contribution in [0.25, 0.3) is 10.1 Å². The van der Waals surface area contributed by atoms with Gasteiger partial charge in [-0.05, 0) is 29.5 Å². The Kier molecular flexibility index (Phi) is 5.82. The second kappa shape index (κ2) is 9.04. The molecule has 1 saturated heterocycles. The minimum Gasteiger partial charge on any atom is -0.337 e. The second-order valence-electron chi connectivity index (χ2n) is 8.03. The average molecular weight is 431 g/mol. The van der Waals surface area contributed by atoms with E-state index in [0.717, 1.165) is 61.8 Å². The lowest BCUT2D eigenvalue weighted by Crippen LogP contribution is -2.35. The first-order valence-corrected chi connectivity index (χ1v) is 11.6. The van der Waals surface area contributed by atoms with Crippen molar-refractivity contribution >= 4 is 27.3 Å². The Morgan fingerprint density at radius 3 is 2.65 bits per heavy atom. The van der Waals surface area contributed by atoms with Crippen LogP contribution in [0.3, 0.4) is 0 Å². The fourth-order valence-corrected chi connectivity index (χ4v) is 5.22. The summed E-state index contributed by atoms with van der Waals surface area (Å²) in [4.78, 5) is 23.0. The van der Waals surface area contributed by atoms with Crippen LogP contribution in [0.2, 0.25) is 0 Å². The van der Waals surface area contributed by atoms with Gasteiger partial charge < -0.3 is 9.47 Å². The van der Waals surface area contributed by atoms with Gasteiger partial charge in [0.15, 0.2) is 0 Å². The summed E-state index contributed by atoms with van der Waals surface area (Å²) in [6.07, 6.45) is 4.92. The minimum atomic E-state index is 0.161. The molecule has 0 radical (unpaired) electrons. The van der Waals surface area contributed by atoms with Crippen molar-refractivity contribution in [2.45, 2.75) is 19.5 Å². The van der Waals surface area contributed by atoms with Crippen molar-refractivity contribution in [1.29, 1.82) is 0 Å². The summed E-state index contributed by atoms with van der Waals surface area (Å²) < 4.78 is 3.40. The van der Waals surface area contributed by atoms with E-state index in [4.69, 9.17) is 0 Å². The summed E-state index contributed by atoms with van der Waals surface area (Å²) in [5.41, 5.74) is 1.28. The van der Waals surface area contributed by atoms with E-state index in [1.165, 1.54) is 10.3 Å². The number of thiophene rings is 1. The number of amides is 1. The van der Waals surface area contributed by atoms with Gasteiger partial charge in [0.1, 0.15) is 5.82 Å². The van der Waals surface area contributed by atoms with Gasteiger partial charge in [-0.3, -0.25) is 9.69 Å². The third-order valence-corrected chi connectivity index (χ3v) is 6.98. The van der Waals surface area contributed by atoms with Crippen LogP contribution in [0.1, 0.15) is 27.5 Å². The van der Waals surface area contributed by atoms with E-state index in [1.807, 2.05) is 35.4 Å². The van der Waals surface area contributed by atoms with E-state index in [0.29, 0.717) is 0 Å². The Morgan fingerprint density at radius 2 is 1.77 bits per heavy atom. The second-order valence-corrected chi connectivity index (χ2v) is 9.11. The molecule has 6 heteroatoms. The van der Waals surface area contributed by atoms with E-state index < -0.39 is 0 Å². The Morgan fingerprint density at radius 1 is 0.935 bits per heavy atom. The fraction of sp³-hybridized carbons (Fsp3) is 0.280. The highest BCUT2D eigenvalue weighted by atomic mass is 32.1. The van der Waals surface area contributed by atoms with Crippen LogP contribution in [0.15, 0.2) is 73.1 Å². The van der Waals surface area contributed by atoms with Crippen LogP contribution in [-0.4, -0.2) is 51.4 Å². The summed E-state index contributed by atoms with van der Waals surface area (Å²) in [5, 5.41) is 1.15. The standard InChI is InChI=1S/C25H26N4OS/c30-25(23-17-21-9-4-5-10-22(21)31-23)28-13-6-12-27(15-16-28)19-24-26-11-14-29(24)18-20-7-2-1-3-8-20/h1-5,7-11,14,17H,6,12-13,15-16,18-19H2. The van der Waals surface area contributed by atoms with Crippen molar-refractivity contribution in [1.82, 2.24) is 19.4 Å². The van der Waals surface area contributed by atoms with E-state index in [2.05, 4.69) is 57.0 Å². The van der Waals surface area contributed by atoms with Crippen molar-refractivity contribution < 1.29 is 4.79 Å². The summed E-state index contributed by atoms with van der Waals surface area (Å²) in [6, 6.07) is 20.7. The Labute approximate surface area is 186 Å². The van der Waals surface area contributed by atoms with E-state index >= 15 is 0 Å². The molecule has 4 aromatic rings. The van der Waals surface area contributed by atoms with Crippen LogP contribution in [0, 0.1) is 0 Å². The van der Waals surface area contributed by atoms with Gasteiger partial charge in [-0.15, -0.1) is 11.3 Å². The lowest BCUT2D eigenvalue weighted by Gasteiger charge is -2.22. The fourth-order valence-electron chi connectivity index (χ4n) is 4.19. The van der Waals surface area contributed by atoms with Gasteiger partial charge in [-0.25, -0.2) is 4.98 Å². The van der Waals surface area contributed by atoms with Crippen LogP contribution in [0.5, 0.6) is 0 Å². The molecule has 3 heterocycles. The molecular weight excluding hydrogens is 404 g/mol. The molecular formula is C25H26N4OS. The number of aromatic nitrogens is 2. The number of hydrogen-bond acceptors (Lipinski definition) is 4. The van der Waals surface area contributed by atoms with Crippen molar-refractivity contribution in [2.24, 2.45) is 0 Å². The molecule has 2 aromatic carbocycles. The number of nitrogens with zero attached hydrogens (tertiary/aromatic N) is 4. The molecule has 1 aliphatic rings. The normalized spacial score (nSPS) is 15.3. The van der Waals surface area contributed by atoms with E-state index in [1.54, 1.807) is 11.3 Å².